The third kappa shape index (κ3) is 4.55. The van der Waals surface area contributed by atoms with Crippen LogP contribution in [0.15, 0.2) is 0 Å². The molecule has 0 radical (unpaired) electrons. The van der Waals surface area contributed by atoms with E-state index in [0.717, 1.165) is 26.1 Å². The SMILES string of the molecule is CCNC(C)(COCC1CCOCC1)C(=O)OC. The first kappa shape index (κ1) is 15.4. The molecule has 0 bridgehead atoms. The second-order valence-electron chi connectivity index (χ2n) is 4.92. The lowest BCUT2D eigenvalue weighted by molar-refractivity contribution is -0.151. The Kier molecular flexibility index (Phi) is 6.60. The Bertz CT molecular complexity index is 253. The number of methoxy groups -OCH3 is 1. The van der Waals surface area contributed by atoms with Gasteiger partial charge in [0.25, 0.3) is 0 Å². The van der Waals surface area contributed by atoms with E-state index in [1.54, 1.807) is 0 Å². The molecule has 0 spiro atoms. The molecule has 1 heterocycles. The van der Waals surface area contributed by atoms with E-state index in [1.165, 1.54) is 7.11 Å². The van der Waals surface area contributed by atoms with E-state index in [-0.39, 0.29) is 5.97 Å². The summed E-state index contributed by atoms with van der Waals surface area (Å²) in [5, 5.41) is 3.12. The number of esters is 1. The predicted molar refractivity (Wildman–Crippen MR) is 68.5 cm³/mol. The summed E-state index contributed by atoms with van der Waals surface area (Å²) in [4.78, 5) is 11.7. The van der Waals surface area contributed by atoms with Crippen LogP contribution in [0.25, 0.3) is 0 Å². The Balaban J connectivity index is 2.34. The van der Waals surface area contributed by atoms with Crippen molar-refractivity contribution in [2.45, 2.75) is 32.2 Å². The minimum Gasteiger partial charge on any atom is -0.468 e. The molecule has 1 unspecified atom stereocenters. The molecule has 0 aromatic carbocycles. The van der Waals surface area contributed by atoms with Crippen molar-refractivity contribution >= 4 is 5.97 Å². The van der Waals surface area contributed by atoms with E-state index in [4.69, 9.17) is 14.2 Å². The second-order valence-corrected chi connectivity index (χ2v) is 4.92. The quantitative estimate of drug-likeness (QED) is 0.690. The lowest BCUT2D eigenvalue weighted by Gasteiger charge is -2.29. The van der Waals surface area contributed by atoms with E-state index in [1.807, 2.05) is 13.8 Å². The Morgan fingerprint density at radius 1 is 1.44 bits per heavy atom. The van der Waals surface area contributed by atoms with Gasteiger partial charge in [-0.2, -0.15) is 0 Å². The fourth-order valence-corrected chi connectivity index (χ4v) is 2.14. The van der Waals surface area contributed by atoms with Crippen LogP contribution in [-0.4, -0.2) is 51.6 Å². The Hall–Kier alpha value is -0.650. The minimum absolute atomic E-state index is 0.281. The van der Waals surface area contributed by atoms with Gasteiger partial charge in [-0.15, -0.1) is 0 Å². The third-order valence-corrected chi connectivity index (χ3v) is 3.29. The van der Waals surface area contributed by atoms with Crippen molar-refractivity contribution in [3.05, 3.63) is 0 Å². The fourth-order valence-electron chi connectivity index (χ4n) is 2.14. The van der Waals surface area contributed by atoms with Crippen molar-refractivity contribution in [1.29, 1.82) is 0 Å². The largest absolute Gasteiger partial charge is 0.468 e. The summed E-state index contributed by atoms with van der Waals surface area (Å²) in [6, 6.07) is 0. The molecule has 0 aliphatic carbocycles. The zero-order valence-electron chi connectivity index (χ0n) is 11.7. The van der Waals surface area contributed by atoms with Crippen molar-refractivity contribution < 1.29 is 19.0 Å². The monoisotopic (exact) mass is 259 g/mol. The van der Waals surface area contributed by atoms with Gasteiger partial charge in [-0.05, 0) is 32.2 Å². The molecule has 1 N–H and O–H groups in total. The maximum absolute atomic E-state index is 11.7. The molecule has 0 aromatic heterocycles. The molecule has 106 valence electrons. The second kappa shape index (κ2) is 7.71. The third-order valence-electron chi connectivity index (χ3n) is 3.29. The number of likely N-dealkylation sites (N-methyl/N-ethyl adjacent to an activating group) is 1. The van der Waals surface area contributed by atoms with Gasteiger partial charge >= 0.3 is 5.97 Å². The molecule has 1 aliphatic rings. The van der Waals surface area contributed by atoms with Crippen LogP contribution in [0.5, 0.6) is 0 Å². The van der Waals surface area contributed by atoms with Crippen molar-refractivity contribution in [3.8, 4) is 0 Å². The molecule has 1 aliphatic heterocycles. The van der Waals surface area contributed by atoms with Gasteiger partial charge in [-0.25, -0.2) is 4.79 Å². The smallest absolute Gasteiger partial charge is 0.328 e. The van der Waals surface area contributed by atoms with Crippen molar-refractivity contribution in [1.82, 2.24) is 5.32 Å². The van der Waals surface area contributed by atoms with Crippen molar-refractivity contribution in [2.75, 3.05) is 40.1 Å². The van der Waals surface area contributed by atoms with Gasteiger partial charge in [0.05, 0.1) is 13.7 Å². The molecular weight excluding hydrogens is 234 g/mol. The van der Waals surface area contributed by atoms with Crippen LogP contribution >= 0.6 is 0 Å². The van der Waals surface area contributed by atoms with Crippen LogP contribution in [-0.2, 0) is 19.0 Å². The van der Waals surface area contributed by atoms with Crippen LogP contribution in [0.2, 0.25) is 0 Å². The Labute approximate surface area is 109 Å². The summed E-state index contributed by atoms with van der Waals surface area (Å²) < 4.78 is 15.8. The van der Waals surface area contributed by atoms with Gasteiger partial charge in [-0.3, -0.25) is 0 Å². The van der Waals surface area contributed by atoms with Gasteiger partial charge in [0.15, 0.2) is 0 Å². The summed E-state index contributed by atoms with van der Waals surface area (Å²) in [6.45, 7) is 7.12. The van der Waals surface area contributed by atoms with Crippen LogP contribution in [0.4, 0.5) is 0 Å². The van der Waals surface area contributed by atoms with Crippen molar-refractivity contribution in [3.63, 3.8) is 0 Å². The molecule has 5 nitrogen and oxygen atoms in total. The summed E-state index contributed by atoms with van der Waals surface area (Å²) in [7, 11) is 1.40. The normalized spacial score (nSPS) is 20.4. The molecule has 1 rings (SSSR count). The topological polar surface area (TPSA) is 56.8 Å². The average molecular weight is 259 g/mol. The number of rotatable bonds is 7. The average Bonchev–Trinajstić information content (AvgIpc) is 2.39. The Morgan fingerprint density at radius 3 is 2.67 bits per heavy atom. The number of carbonyl (C=O) groups excluding carboxylic acids is 1. The van der Waals surface area contributed by atoms with Crippen LogP contribution in [0.1, 0.15) is 26.7 Å². The number of nitrogens with one attached hydrogen (secondary N) is 1. The number of ether oxygens (including phenoxy) is 3. The molecule has 18 heavy (non-hydrogen) atoms. The molecular formula is C13H25NO4. The van der Waals surface area contributed by atoms with E-state index < -0.39 is 5.54 Å². The first-order chi connectivity index (χ1) is 8.62. The van der Waals surface area contributed by atoms with Gasteiger partial charge in [0.1, 0.15) is 5.54 Å². The van der Waals surface area contributed by atoms with E-state index in [2.05, 4.69) is 5.32 Å². The highest BCUT2D eigenvalue weighted by Gasteiger charge is 2.34. The summed E-state index contributed by atoms with van der Waals surface area (Å²) in [5.74, 6) is 0.263. The summed E-state index contributed by atoms with van der Waals surface area (Å²) in [5.41, 5.74) is -0.755. The van der Waals surface area contributed by atoms with Crippen LogP contribution in [0.3, 0.4) is 0 Å². The molecule has 1 fully saturated rings. The zero-order chi connectivity index (χ0) is 13.4. The van der Waals surface area contributed by atoms with Crippen LogP contribution < -0.4 is 5.32 Å². The minimum atomic E-state index is -0.755. The first-order valence-electron chi connectivity index (χ1n) is 6.61. The highest BCUT2D eigenvalue weighted by molar-refractivity contribution is 5.80. The van der Waals surface area contributed by atoms with E-state index in [9.17, 15) is 4.79 Å². The molecule has 0 saturated carbocycles. The number of hydrogen-bond donors (Lipinski definition) is 1. The van der Waals surface area contributed by atoms with Gasteiger partial charge in [-0.1, -0.05) is 6.92 Å². The number of carbonyl (C=O) groups is 1. The molecule has 0 aromatic rings. The van der Waals surface area contributed by atoms with Crippen molar-refractivity contribution in [2.24, 2.45) is 5.92 Å². The highest BCUT2D eigenvalue weighted by Crippen LogP contribution is 2.16. The lowest BCUT2D eigenvalue weighted by Crippen LogP contribution is -2.53. The predicted octanol–water partition coefficient (Wildman–Crippen LogP) is 0.971. The molecule has 1 saturated heterocycles. The maximum atomic E-state index is 11.7. The molecule has 0 amide bonds. The van der Waals surface area contributed by atoms with E-state index >= 15 is 0 Å². The standard InChI is InChI=1S/C13H25NO4/c1-4-14-13(2,12(15)16-3)10-18-9-11-5-7-17-8-6-11/h11,14H,4-10H2,1-3H3. The Morgan fingerprint density at radius 2 is 2.11 bits per heavy atom. The van der Waals surface area contributed by atoms with Gasteiger partial charge in [0.2, 0.25) is 0 Å². The van der Waals surface area contributed by atoms with Gasteiger partial charge in [0, 0.05) is 19.8 Å². The molecule has 5 heteroatoms. The maximum Gasteiger partial charge on any atom is 0.328 e. The van der Waals surface area contributed by atoms with E-state index in [0.29, 0.717) is 25.7 Å². The van der Waals surface area contributed by atoms with Crippen LogP contribution in [0, 0.1) is 5.92 Å². The highest BCUT2D eigenvalue weighted by atomic mass is 16.5. The first-order valence-corrected chi connectivity index (χ1v) is 6.61. The number of hydrogen-bond acceptors (Lipinski definition) is 5. The fraction of sp³-hybridized carbons (Fsp3) is 0.923. The zero-order valence-corrected chi connectivity index (χ0v) is 11.7. The molecule has 1 atom stereocenters. The lowest BCUT2D eigenvalue weighted by atomic mass is 10.0. The summed E-state index contributed by atoms with van der Waals surface area (Å²) in [6.07, 6.45) is 2.08. The van der Waals surface area contributed by atoms with Gasteiger partial charge < -0.3 is 19.5 Å². The summed E-state index contributed by atoms with van der Waals surface area (Å²) >= 11 is 0.